The predicted octanol–water partition coefficient (Wildman–Crippen LogP) is 7.08. The van der Waals surface area contributed by atoms with E-state index in [-0.39, 0.29) is 16.1 Å². The van der Waals surface area contributed by atoms with Crippen molar-refractivity contribution in [2.75, 3.05) is 0 Å². The summed E-state index contributed by atoms with van der Waals surface area (Å²) in [4.78, 5) is 11.5. The van der Waals surface area contributed by atoms with Crippen molar-refractivity contribution in [2.45, 2.75) is 51.2 Å². The third-order valence-electron chi connectivity index (χ3n) is 6.88. The number of benzene rings is 3. The first-order valence-corrected chi connectivity index (χ1v) is 11.9. The summed E-state index contributed by atoms with van der Waals surface area (Å²) >= 11 is 6.37. The maximum atomic E-state index is 14.7. The summed E-state index contributed by atoms with van der Waals surface area (Å²) in [7, 11) is 0. The molecule has 1 aliphatic heterocycles. The third-order valence-corrected chi connectivity index (χ3v) is 7.20. The zero-order chi connectivity index (χ0) is 24.5. The van der Waals surface area contributed by atoms with E-state index in [0.717, 1.165) is 17.5 Å². The highest BCUT2D eigenvalue weighted by Gasteiger charge is 2.39. The highest BCUT2D eigenvalue weighted by molar-refractivity contribution is 6.33. The lowest BCUT2D eigenvalue weighted by Gasteiger charge is -2.24. The molecule has 1 aliphatic carbocycles. The van der Waals surface area contributed by atoms with Gasteiger partial charge in [0, 0.05) is 39.7 Å². The molecule has 0 radical (unpaired) electrons. The number of hydrogen-bond acceptors (Lipinski definition) is 3. The molecule has 34 heavy (non-hydrogen) atoms. The van der Waals surface area contributed by atoms with E-state index in [9.17, 15) is 13.6 Å². The van der Waals surface area contributed by atoms with E-state index in [1.165, 1.54) is 25.3 Å². The van der Waals surface area contributed by atoms with Gasteiger partial charge < -0.3 is 10.5 Å². The van der Waals surface area contributed by atoms with Crippen LogP contribution < -0.4 is 10.5 Å². The fourth-order valence-electron chi connectivity index (χ4n) is 4.80. The molecule has 2 N–H and O–H groups in total. The van der Waals surface area contributed by atoms with E-state index in [1.54, 1.807) is 12.1 Å². The van der Waals surface area contributed by atoms with Crippen LogP contribution in [0.25, 0.3) is 11.1 Å². The SMILES string of the molecule is CC1CCCC1N.C[C@@]1(c2ccccc2)Cc2c(ccc(Cl)c2-c2c(C=O)ccc(F)c2F)O1. The van der Waals surface area contributed by atoms with Gasteiger partial charge in [0.1, 0.15) is 11.4 Å². The van der Waals surface area contributed by atoms with Crippen molar-refractivity contribution < 1.29 is 18.3 Å². The summed E-state index contributed by atoms with van der Waals surface area (Å²) in [5.41, 5.74) is 6.82. The molecule has 3 nitrogen and oxygen atoms in total. The Balaban J connectivity index is 0.000000336. The van der Waals surface area contributed by atoms with Gasteiger partial charge in [-0.05, 0) is 55.5 Å². The molecule has 0 bridgehead atoms. The number of halogens is 3. The lowest BCUT2D eigenvalue weighted by molar-refractivity contribution is 0.112. The summed E-state index contributed by atoms with van der Waals surface area (Å²) < 4.78 is 34.8. The average Bonchev–Trinajstić information content (AvgIpc) is 3.39. The summed E-state index contributed by atoms with van der Waals surface area (Å²) in [6.07, 6.45) is 4.86. The Bertz CT molecular complexity index is 1190. The van der Waals surface area contributed by atoms with Crippen molar-refractivity contribution in [3.05, 3.63) is 87.9 Å². The van der Waals surface area contributed by atoms with Crippen LogP contribution >= 0.6 is 11.6 Å². The Morgan fingerprint density at radius 1 is 1.06 bits per heavy atom. The van der Waals surface area contributed by atoms with Crippen LogP contribution in [0.15, 0.2) is 54.6 Å². The van der Waals surface area contributed by atoms with Gasteiger partial charge in [-0.25, -0.2) is 8.78 Å². The zero-order valence-electron chi connectivity index (χ0n) is 19.3. The molecule has 1 fully saturated rings. The maximum Gasteiger partial charge on any atom is 0.167 e. The van der Waals surface area contributed by atoms with Gasteiger partial charge in [-0.15, -0.1) is 0 Å². The lowest BCUT2D eigenvalue weighted by Crippen LogP contribution is -2.26. The fraction of sp³-hybridized carbons (Fsp3) is 0.321. The average molecular weight is 484 g/mol. The fourth-order valence-corrected chi connectivity index (χ4v) is 5.07. The van der Waals surface area contributed by atoms with Crippen LogP contribution in [0.3, 0.4) is 0 Å². The predicted molar refractivity (Wildman–Crippen MR) is 131 cm³/mol. The molecule has 0 aromatic heterocycles. The Hall–Kier alpha value is -2.76. The number of aldehydes is 1. The number of ether oxygens (including phenoxy) is 1. The smallest absolute Gasteiger partial charge is 0.167 e. The highest BCUT2D eigenvalue weighted by atomic mass is 35.5. The Morgan fingerprint density at radius 3 is 2.38 bits per heavy atom. The maximum absolute atomic E-state index is 14.7. The van der Waals surface area contributed by atoms with Gasteiger partial charge in [-0.1, -0.05) is 55.3 Å². The van der Waals surface area contributed by atoms with Crippen LogP contribution in [0.1, 0.15) is 54.6 Å². The molecular formula is C28H28ClF2NO2. The van der Waals surface area contributed by atoms with Crippen LogP contribution in [0.5, 0.6) is 5.75 Å². The number of carbonyl (C=O) groups excluding carboxylic acids is 1. The van der Waals surface area contributed by atoms with Gasteiger partial charge in [-0.2, -0.15) is 0 Å². The first kappa shape index (κ1) is 24.4. The van der Waals surface area contributed by atoms with Gasteiger partial charge in [0.25, 0.3) is 0 Å². The Morgan fingerprint density at radius 2 is 1.79 bits per heavy atom. The minimum atomic E-state index is -1.09. The van der Waals surface area contributed by atoms with E-state index in [1.807, 2.05) is 37.3 Å². The van der Waals surface area contributed by atoms with Gasteiger partial charge >= 0.3 is 0 Å². The van der Waals surface area contributed by atoms with Crippen molar-refractivity contribution >= 4 is 17.9 Å². The van der Waals surface area contributed by atoms with Gasteiger partial charge in [0.05, 0.1) is 0 Å². The molecule has 3 aromatic carbocycles. The normalized spacial score (nSPS) is 23.0. The Labute approximate surface area is 203 Å². The van der Waals surface area contributed by atoms with Gasteiger partial charge in [0.2, 0.25) is 0 Å². The van der Waals surface area contributed by atoms with E-state index >= 15 is 0 Å². The number of carbonyl (C=O) groups is 1. The number of hydrogen-bond donors (Lipinski definition) is 1. The highest BCUT2D eigenvalue weighted by Crippen LogP contribution is 2.48. The molecule has 2 unspecified atom stereocenters. The third kappa shape index (κ3) is 4.59. The van der Waals surface area contributed by atoms with Crippen LogP contribution in [0.2, 0.25) is 5.02 Å². The molecular weight excluding hydrogens is 456 g/mol. The summed E-state index contributed by atoms with van der Waals surface area (Å²) in [5, 5.41) is 0.238. The first-order valence-electron chi connectivity index (χ1n) is 11.5. The van der Waals surface area contributed by atoms with Crippen LogP contribution in [0.4, 0.5) is 8.78 Å². The molecule has 0 amide bonds. The molecule has 2 aliphatic rings. The molecule has 5 rings (SSSR count). The minimum absolute atomic E-state index is 0.0394. The first-order chi connectivity index (χ1) is 16.2. The monoisotopic (exact) mass is 483 g/mol. The minimum Gasteiger partial charge on any atom is -0.482 e. The molecule has 3 aromatic rings. The van der Waals surface area contributed by atoms with Crippen molar-refractivity contribution in [1.82, 2.24) is 0 Å². The van der Waals surface area contributed by atoms with E-state index in [0.29, 0.717) is 35.6 Å². The quantitative estimate of drug-likeness (QED) is 0.405. The van der Waals surface area contributed by atoms with E-state index in [2.05, 4.69) is 6.92 Å². The summed E-state index contributed by atoms with van der Waals surface area (Å²) in [6.45, 7) is 4.17. The van der Waals surface area contributed by atoms with Crippen LogP contribution in [-0.2, 0) is 12.0 Å². The molecule has 0 saturated heterocycles. The summed E-state index contributed by atoms with van der Waals surface area (Å²) in [6, 6.07) is 15.6. The Kier molecular flexibility index (Phi) is 7.06. The largest absolute Gasteiger partial charge is 0.482 e. The molecule has 1 saturated carbocycles. The molecule has 0 spiro atoms. The lowest BCUT2D eigenvalue weighted by atomic mass is 9.87. The number of nitrogens with two attached hydrogens (primary N) is 1. The van der Waals surface area contributed by atoms with Crippen LogP contribution in [-0.4, -0.2) is 12.3 Å². The van der Waals surface area contributed by atoms with Crippen LogP contribution in [0, 0.1) is 17.6 Å². The van der Waals surface area contributed by atoms with Crippen molar-refractivity contribution in [2.24, 2.45) is 11.7 Å². The second-order valence-corrected chi connectivity index (χ2v) is 9.70. The van der Waals surface area contributed by atoms with Crippen molar-refractivity contribution in [1.29, 1.82) is 0 Å². The second kappa shape index (κ2) is 9.85. The molecule has 178 valence electrons. The number of rotatable bonds is 3. The standard InChI is InChI=1S/C22H15ClF2O2.C6H13N/c1-22(14-5-3-2-4-6-14)11-15-18(27-22)10-8-16(23)20(15)19-13(12-26)7-9-17(24)21(19)25;1-5-3-2-4-6(5)7/h2-10,12H,11H2,1H3;5-6H,2-4,7H2,1H3/t22-;/m0./s1. The topological polar surface area (TPSA) is 52.3 Å². The van der Waals surface area contributed by atoms with Gasteiger partial charge in [-0.3, -0.25) is 4.79 Å². The second-order valence-electron chi connectivity index (χ2n) is 9.29. The van der Waals surface area contributed by atoms with Crippen molar-refractivity contribution in [3.8, 4) is 16.9 Å². The molecule has 1 heterocycles. The van der Waals surface area contributed by atoms with E-state index < -0.39 is 17.2 Å². The van der Waals surface area contributed by atoms with E-state index in [4.69, 9.17) is 22.1 Å². The molecule has 3 atom stereocenters. The number of fused-ring (bicyclic) bond motifs is 1. The summed E-state index contributed by atoms with van der Waals surface area (Å²) in [5.74, 6) is -0.793. The zero-order valence-corrected chi connectivity index (χ0v) is 20.0. The molecule has 6 heteroatoms. The van der Waals surface area contributed by atoms with Gasteiger partial charge in [0.15, 0.2) is 17.9 Å². The van der Waals surface area contributed by atoms with Crippen molar-refractivity contribution in [3.63, 3.8) is 0 Å².